The number of amides is 2. The average molecular weight is 399 g/mol. The van der Waals surface area contributed by atoms with Crippen LogP contribution in [-0.4, -0.2) is 41.7 Å². The first-order chi connectivity index (χ1) is 13.7. The first-order valence-electron chi connectivity index (χ1n) is 9.30. The number of carbonyl (C=O) groups excluding carboxylic acids is 1. The molecule has 28 heavy (non-hydrogen) atoms. The van der Waals surface area contributed by atoms with E-state index in [-0.39, 0.29) is 12.1 Å². The van der Waals surface area contributed by atoms with Crippen LogP contribution in [0, 0.1) is 0 Å². The van der Waals surface area contributed by atoms with E-state index in [9.17, 15) is 4.79 Å². The summed E-state index contributed by atoms with van der Waals surface area (Å²) in [6.07, 6.45) is 3.63. The minimum absolute atomic E-state index is 0.152. The molecule has 7 heteroatoms. The number of hydrogen-bond donors (Lipinski definition) is 3. The van der Waals surface area contributed by atoms with Crippen molar-refractivity contribution in [2.45, 2.75) is 18.9 Å². The van der Waals surface area contributed by atoms with Crippen molar-refractivity contribution in [2.75, 3.05) is 25.7 Å². The van der Waals surface area contributed by atoms with Gasteiger partial charge < -0.3 is 20.4 Å². The number of ether oxygens (including phenoxy) is 1. The quantitative estimate of drug-likeness (QED) is 0.511. The minimum atomic E-state index is -0.180. The fourth-order valence-electron chi connectivity index (χ4n) is 2.97. The summed E-state index contributed by atoms with van der Waals surface area (Å²) in [6.45, 7) is 0.563. The summed E-state index contributed by atoms with van der Waals surface area (Å²) in [5, 5.41) is 6.00. The molecule has 6 nitrogen and oxygen atoms in total. The van der Waals surface area contributed by atoms with Crippen molar-refractivity contribution >= 4 is 28.8 Å². The van der Waals surface area contributed by atoms with Crippen LogP contribution in [0.1, 0.15) is 23.9 Å². The molecule has 2 aromatic carbocycles. The van der Waals surface area contributed by atoms with E-state index >= 15 is 0 Å². The van der Waals surface area contributed by atoms with Crippen molar-refractivity contribution in [2.24, 2.45) is 0 Å². The Morgan fingerprint density at radius 3 is 2.71 bits per heavy atom. The predicted molar refractivity (Wildman–Crippen MR) is 115 cm³/mol. The maximum atomic E-state index is 12.4. The molecule has 2 amide bonds. The zero-order valence-electron chi connectivity index (χ0n) is 16.2. The van der Waals surface area contributed by atoms with E-state index in [0.717, 1.165) is 46.8 Å². The Morgan fingerprint density at radius 2 is 2.00 bits per heavy atom. The molecule has 0 bridgehead atoms. The van der Waals surface area contributed by atoms with Gasteiger partial charge in [0, 0.05) is 6.54 Å². The monoisotopic (exact) mass is 398 g/mol. The summed E-state index contributed by atoms with van der Waals surface area (Å²) in [7, 11) is 1.65. The molecular weight excluding hydrogens is 372 g/mol. The highest BCUT2D eigenvalue weighted by molar-refractivity contribution is 7.98. The highest BCUT2D eigenvalue weighted by Crippen LogP contribution is 2.20. The van der Waals surface area contributed by atoms with Crippen molar-refractivity contribution in [3.63, 3.8) is 0 Å². The number of imidazole rings is 1. The summed E-state index contributed by atoms with van der Waals surface area (Å²) in [5.74, 6) is 2.56. The number of H-pyrrole nitrogens is 1. The van der Waals surface area contributed by atoms with Crippen LogP contribution in [0.15, 0.2) is 48.5 Å². The second kappa shape index (κ2) is 10.0. The molecule has 3 rings (SSSR count). The molecule has 3 N–H and O–H groups in total. The third kappa shape index (κ3) is 5.42. The second-order valence-corrected chi connectivity index (χ2v) is 7.46. The van der Waals surface area contributed by atoms with Crippen molar-refractivity contribution < 1.29 is 9.53 Å². The van der Waals surface area contributed by atoms with E-state index < -0.39 is 0 Å². The van der Waals surface area contributed by atoms with E-state index in [1.165, 1.54) is 0 Å². The molecule has 3 aromatic rings. The first-order valence-corrected chi connectivity index (χ1v) is 10.7. The van der Waals surface area contributed by atoms with E-state index in [1.54, 1.807) is 18.9 Å². The van der Waals surface area contributed by atoms with Crippen LogP contribution >= 0.6 is 11.8 Å². The zero-order chi connectivity index (χ0) is 19.8. The van der Waals surface area contributed by atoms with Gasteiger partial charge in [-0.05, 0) is 54.7 Å². The molecule has 0 aliphatic rings. The lowest BCUT2D eigenvalue weighted by Gasteiger charge is -2.17. The Hall–Kier alpha value is -2.67. The minimum Gasteiger partial charge on any atom is -0.497 e. The van der Waals surface area contributed by atoms with Gasteiger partial charge in [-0.3, -0.25) is 0 Å². The number of nitrogens with one attached hydrogen (secondary N) is 3. The summed E-state index contributed by atoms with van der Waals surface area (Å²) in [5.41, 5.74) is 3.04. The highest BCUT2D eigenvalue weighted by Gasteiger charge is 2.18. The van der Waals surface area contributed by atoms with Crippen LogP contribution in [0.25, 0.3) is 11.0 Å². The fraction of sp³-hybridized carbons (Fsp3) is 0.333. The van der Waals surface area contributed by atoms with Crippen LogP contribution in [0.2, 0.25) is 0 Å². The Kier molecular flexibility index (Phi) is 7.19. The van der Waals surface area contributed by atoms with Gasteiger partial charge in [-0.15, -0.1) is 0 Å². The van der Waals surface area contributed by atoms with Crippen molar-refractivity contribution in [3.8, 4) is 5.75 Å². The van der Waals surface area contributed by atoms with E-state index in [4.69, 9.17) is 4.74 Å². The third-order valence-electron chi connectivity index (χ3n) is 4.51. The molecule has 1 atom stereocenters. The number of aromatic nitrogens is 2. The lowest BCUT2D eigenvalue weighted by atomic mass is 10.1. The number of aromatic amines is 1. The van der Waals surface area contributed by atoms with Crippen LogP contribution in [-0.2, 0) is 6.42 Å². The van der Waals surface area contributed by atoms with Crippen LogP contribution in [0.3, 0.4) is 0 Å². The fourth-order valence-corrected chi connectivity index (χ4v) is 3.44. The largest absolute Gasteiger partial charge is 0.497 e. The van der Waals surface area contributed by atoms with Crippen molar-refractivity contribution in [1.29, 1.82) is 0 Å². The van der Waals surface area contributed by atoms with Gasteiger partial charge in [0.2, 0.25) is 0 Å². The van der Waals surface area contributed by atoms with Gasteiger partial charge in [0.05, 0.1) is 24.2 Å². The van der Waals surface area contributed by atoms with Gasteiger partial charge >= 0.3 is 6.03 Å². The molecule has 148 valence electrons. The number of carbonyl (C=O) groups is 1. The number of fused-ring (bicyclic) bond motifs is 1. The molecule has 1 aromatic heterocycles. The lowest BCUT2D eigenvalue weighted by molar-refractivity contribution is 0.236. The summed E-state index contributed by atoms with van der Waals surface area (Å²) in [4.78, 5) is 20.4. The molecule has 0 unspecified atom stereocenters. The number of nitrogens with zero attached hydrogens (tertiary/aromatic N) is 1. The van der Waals surface area contributed by atoms with Crippen LogP contribution in [0.5, 0.6) is 5.75 Å². The van der Waals surface area contributed by atoms with E-state index in [2.05, 4.69) is 26.9 Å². The maximum Gasteiger partial charge on any atom is 0.315 e. The molecule has 0 aliphatic heterocycles. The molecule has 1 heterocycles. The number of hydrogen-bond acceptors (Lipinski definition) is 4. The summed E-state index contributed by atoms with van der Waals surface area (Å²) < 4.78 is 5.16. The van der Waals surface area contributed by atoms with Gasteiger partial charge in [-0.2, -0.15) is 11.8 Å². The first kappa shape index (κ1) is 20.1. The van der Waals surface area contributed by atoms with Crippen molar-refractivity contribution in [1.82, 2.24) is 20.6 Å². The molecule has 0 fully saturated rings. The lowest BCUT2D eigenvalue weighted by Crippen LogP contribution is -2.39. The maximum absolute atomic E-state index is 12.4. The van der Waals surface area contributed by atoms with Gasteiger partial charge in [-0.25, -0.2) is 9.78 Å². The SMILES string of the molecule is COc1ccc(CCNC(=O)N[C@H](CCSC)c2nc3ccccc3[nH]2)cc1. The number of thioether (sulfide) groups is 1. The van der Waals surface area contributed by atoms with Gasteiger partial charge in [0.1, 0.15) is 11.6 Å². The Labute approximate surface area is 169 Å². The molecule has 0 saturated carbocycles. The number of rotatable bonds is 9. The Bertz CT molecular complexity index is 862. The van der Waals surface area contributed by atoms with Crippen LogP contribution < -0.4 is 15.4 Å². The number of methoxy groups -OCH3 is 1. The number of urea groups is 1. The van der Waals surface area contributed by atoms with Gasteiger partial charge in [0.25, 0.3) is 0 Å². The average Bonchev–Trinajstić information content (AvgIpc) is 3.15. The Balaban J connectivity index is 1.56. The Morgan fingerprint density at radius 1 is 1.21 bits per heavy atom. The van der Waals surface area contributed by atoms with Crippen LogP contribution in [0.4, 0.5) is 4.79 Å². The smallest absolute Gasteiger partial charge is 0.315 e. The number of para-hydroxylation sites is 2. The summed E-state index contributed by atoms with van der Waals surface area (Å²) >= 11 is 1.75. The molecular formula is C21H26N4O2S. The van der Waals surface area contributed by atoms with Crippen molar-refractivity contribution in [3.05, 3.63) is 59.9 Å². The van der Waals surface area contributed by atoms with Gasteiger partial charge in [-0.1, -0.05) is 24.3 Å². The predicted octanol–water partition coefficient (Wildman–Crippen LogP) is 3.91. The third-order valence-corrected chi connectivity index (χ3v) is 5.16. The van der Waals surface area contributed by atoms with Gasteiger partial charge in [0.15, 0.2) is 0 Å². The standard InChI is InChI=1S/C21H26N4O2S/c1-27-16-9-7-15(8-10-16)11-13-22-21(26)25-19(12-14-28-2)20-23-17-5-3-4-6-18(17)24-20/h3-10,19H,11-14H2,1-2H3,(H,23,24)(H2,22,25,26)/t19-/m1/s1. The molecule has 0 aliphatic carbocycles. The zero-order valence-corrected chi connectivity index (χ0v) is 17.0. The van der Waals surface area contributed by atoms with E-state index in [0.29, 0.717) is 6.54 Å². The summed E-state index contributed by atoms with van der Waals surface area (Å²) in [6, 6.07) is 15.4. The molecule has 0 saturated heterocycles. The van der Waals surface area contributed by atoms with E-state index in [1.807, 2.05) is 48.5 Å². The normalized spacial score (nSPS) is 11.9. The molecule has 0 radical (unpaired) electrons. The highest BCUT2D eigenvalue weighted by atomic mass is 32.2. The number of benzene rings is 2. The molecule has 0 spiro atoms. The second-order valence-electron chi connectivity index (χ2n) is 6.47. The topological polar surface area (TPSA) is 79.0 Å².